The molecule has 4 rings (SSSR count). The van der Waals surface area contributed by atoms with Gasteiger partial charge in [-0.15, -0.1) is 0 Å². The van der Waals surface area contributed by atoms with Crippen LogP contribution in [0.2, 0.25) is 0 Å². The molecule has 1 aliphatic carbocycles. The van der Waals surface area contributed by atoms with Crippen molar-refractivity contribution >= 4 is 15.9 Å². The summed E-state index contributed by atoms with van der Waals surface area (Å²) in [4.78, 5) is 12.5. The lowest BCUT2D eigenvalue weighted by Crippen LogP contribution is -2.34. The maximum Gasteiger partial charge on any atom is 0.251 e. The lowest BCUT2D eigenvalue weighted by atomic mass is 9.96. The van der Waals surface area contributed by atoms with E-state index in [2.05, 4.69) is 10.0 Å². The van der Waals surface area contributed by atoms with Crippen LogP contribution in [-0.4, -0.2) is 33.5 Å². The minimum atomic E-state index is -3.50. The van der Waals surface area contributed by atoms with Crippen molar-refractivity contribution in [3.05, 3.63) is 59.7 Å². The van der Waals surface area contributed by atoms with E-state index in [4.69, 9.17) is 4.74 Å². The Morgan fingerprint density at radius 3 is 2.56 bits per heavy atom. The lowest BCUT2D eigenvalue weighted by Gasteiger charge is -2.25. The summed E-state index contributed by atoms with van der Waals surface area (Å²) >= 11 is 0. The van der Waals surface area contributed by atoms with Crippen LogP contribution >= 0.6 is 0 Å². The van der Waals surface area contributed by atoms with Gasteiger partial charge in [0.1, 0.15) is 5.75 Å². The van der Waals surface area contributed by atoms with Crippen molar-refractivity contribution in [3.63, 3.8) is 0 Å². The monoisotopic (exact) mass is 386 g/mol. The fourth-order valence-corrected chi connectivity index (χ4v) is 4.44. The highest BCUT2D eigenvalue weighted by atomic mass is 32.2. The molecule has 0 spiro atoms. The van der Waals surface area contributed by atoms with Gasteiger partial charge in [0.05, 0.1) is 11.5 Å². The smallest absolute Gasteiger partial charge is 0.251 e. The first kappa shape index (κ1) is 18.0. The number of para-hydroxylation sites is 1. The number of benzene rings is 2. The molecule has 1 heterocycles. The van der Waals surface area contributed by atoms with E-state index in [-0.39, 0.29) is 22.8 Å². The van der Waals surface area contributed by atoms with Crippen LogP contribution in [0.1, 0.15) is 28.8 Å². The van der Waals surface area contributed by atoms with Crippen molar-refractivity contribution in [1.82, 2.24) is 10.0 Å². The number of hydrogen-bond acceptors (Lipinski definition) is 4. The summed E-state index contributed by atoms with van der Waals surface area (Å²) in [5.41, 5.74) is 1.60. The van der Waals surface area contributed by atoms with Gasteiger partial charge >= 0.3 is 0 Å². The zero-order valence-corrected chi connectivity index (χ0v) is 15.7. The van der Waals surface area contributed by atoms with Gasteiger partial charge in [0.25, 0.3) is 5.91 Å². The number of nitrogens with one attached hydrogen (secondary N) is 2. The Balaban J connectivity index is 1.33. The van der Waals surface area contributed by atoms with Gasteiger partial charge in [-0.2, -0.15) is 0 Å². The Bertz CT molecular complexity index is 937. The van der Waals surface area contributed by atoms with Gasteiger partial charge in [-0.3, -0.25) is 4.79 Å². The molecule has 7 heteroatoms. The highest BCUT2D eigenvalue weighted by molar-refractivity contribution is 7.89. The molecule has 6 nitrogen and oxygen atoms in total. The fraction of sp³-hybridized carbons (Fsp3) is 0.350. The van der Waals surface area contributed by atoms with Gasteiger partial charge in [0.2, 0.25) is 10.0 Å². The molecule has 0 bridgehead atoms. The molecule has 2 aromatic rings. The van der Waals surface area contributed by atoms with Gasteiger partial charge in [0.15, 0.2) is 0 Å². The standard InChI is InChI=1S/C20H22N2O4S/c23-20(21-12-14-11-16-3-1-2-4-19(16)26-13-14)15-5-9-18(10-6-15)27(24,25)22-17-7-8-17/h1-6,9-10,14,17,22H,7-8,11-13H2,(H,21,23). The molecule has 0 radical (unpaired) electrons. The summed E-state index contributed by atoms with van der Waals surface area (Å²) in [6, 6.07) is 14.0. The predicted molar refractivity (Wildman–Crippen MR) is 101 cm³/mol. The minimum absolute atomic E-state index is 0.0563. The van der Waals surface area contributed by atoms with Crippen LogP contribution < -0.4 is 14.8 Å². The molecule has 1 unspecified atom stereocenters. The second-order valence-corrected chi connectivity index (χ2v) is 8.83. The van der Waals surface area contributed by atoms with Crippen molar-refractivity contribution in [3.8, 4) is 5.75 Å². The first-order chi connectivity index (χ1) is 13.0. The molecule has 1 amide bonds. The third-order valence-electron chi connectivity index (χ3n) is 4.83. The summed E-state index contributed by atoms with van der Waals surface area (Å²) in [5, 5.41) is 2.92. The van der Waals surface area contributed by atoms with Crippen molar-refractivity contribution in [2.24, 2.45) is 5.92 Å². The molecule has 1 atom stereocenters. The molecule has 2 aromatic carbocycles. The topological polar surface area (TPSA) is 84.5 Å². The molecular formula is C20H22N2O4S. The normalized spacial score (nSPS) is 19.0. The summed E-state index contributed by atoms with van der Waals surface area (Å²) in [7, 11) is -3.50. The maximum atomic E-state index is 12.4. The highest BCUT2D eigenvalue weighted by Crippen LogP contribution is 2.26. The van der Waals surface area contributed by atoms with E-state index < -0.39 is 10.0 Å². The molecule has 27 heavy (non-hydrogen) atoms. The summed E-state index contributed by atoms with van der Waals surface area (Å²) < 4.78 is 32.7. The molecule has 1 aliphatic heterocycles. The third-order valence-corrected chi connectivity index (χ3v) is 6.37. The second kappa shape index (κ2) is 7.32. The number of fused-ring (bicyclic) bond motifs is 1. The number of carbonyl (C=O) groups excluding carboxylic acids is 1. The minimum Gasteiger partial charge on any atom is -0.493 e. The van der Waals surface area contributed by atoms with E-state index in [1.54, 1.807) is 12.1 Å². The van der Waals surface area contributed by atoms with Crippen LogP contribution in [0.25, 0.3) is 0 Å². The Hall–Kier alpha value is -2.38. The molecule has 0 saturated heterocycles. The number of rotatable bonds is 6. The molecule has 2 N–H and O–H groups in total. The zero-order valence-electron chi connectivity index (χ0n) is 14.9. The summed E-state index contributed by atoms with van der Waals surface area (Å²) in [6.07, 6.45) is 2.63. The van der Waals surface area contributed by atoms with Gasteiger partial charge in [-0.25, -0.2) is 13.1 Å². The van der Waals surface area contributed by atoms with Crippen LogP contribution in [0, 0.1) is 5.92 Å². The predicted octanol–water partition coefficient (Wildman–Crippen LogP) is 2.11. The summed E-state index contributed by atoms with van der Waals surface area (Å²) in [5.74, 6) is 0.913. The van der Waals surface area contributed by atoms with Crippen molar-refractivity contribution in [2.45, 2.75) is 30.2 Å². The SMILES string of the molecule is O=C(NCC1COc2ccccc2C1)c1ccc(S(=O)(=O)NC2CC2)cc1. The number of carbonyl (C=O) groups is 1. The molecule has 1 saturated carbocycles. The van der Waals surface area contributed by atoms with Crippen LogP contribution in [0.15, 0.2) is 53.4 Å². The van der Waals surface area contributed by atoms with E-state index in [1.807, 2.05) is 24.3 Å². The Morgan fingerprint density at radius 1 is 1.07 bits per heavy atom. The second-order valence-electron chi connectivity index (χ2n) is 7.12. The van der Waals surface area contributed by atoms with Crippen LogP contribution in [-0.2, 0) is 16.4 Å². The molecular weight excluding hydrogens is 364 g/mol. The van der Waals surface area contributed by atoms with Gasteiger partial charge in [-0.1, -0.05) is 18.2 Å². The van der Waals surface area contributed by atoms with Crippen molar-refractivity contribution in [1.29, 1.82) is 0 Å². The Kier molecular flexibility index (Phi) is 4.88. The van der Waals surface area contributed by atoms with Crippen LogP contribution in [0.4, 0.5) is 0 Å². The zero-order chi connectivity index (χ0) is 18.9. The van der Waals surface area contributed by atoms with Crippen LogP contribution in [0.3, 0.4) is 0 Å². The van der Waals surface area contributed by atoms with E-state index in [0.717, 1.165) is 30.6 Å². The first-order valence-electron chi connectivity index (χ1n) is 9.12. The summed E-state index contributed by atoms with van der Waals surface area (Å²) in [6.45, 7) is 1.08. The number of amides is 1. The first-order valence-corrected chi connectivity index (χ1v) is 10.6. The van der Waals surface area contributed by atoms with E-state index >= 15 is 0 Å². The molecule has 142 valence electrons. The van der Waals surface area contributed by atoms with Gasteiger partial charge in [0, 0.05) is 24.1 Å². The maximum absolute atomic E-state index is 12.4. The average molecular weight is 386 g/mol. The highest BCUT2D eigenvalue weighted by Gasteiger charge is 2.28. The van der Waals surface area contributed by atoms with Crippen molar-refractivity contribution in [2.75, 3.05) is 13.2 Å². The quantitative estimate of drug-likeness (QED) is 0.796. The van der Waals surface area contributed by atoms with Gasteiger partial charge in [-0.05, 0) is 55.2 Å². The number of ether oxygens (including phenoxy) is 1. The Labute approximate surface area is 159 Å². The third kappa shape index (κ3) is 4.31. The van der Waals surface area contributed by atoms with Crippen molar-refractivity contribution < 1.29 is 17.9 Å². The number of sulfonamides is 1. The molecule has 1 fully saturated rings. The van der Waals surface area contributed by atoms with Gasteiger partial charge < -0.3 is 10.1 Å². The van der Waals surface area contributed by atoms with Crippen LogP contribution in [0.5, 0.6) is 5.75 Å². The van der Waals surface area contributed by atoms with E-state index in [9.17, 15) is 13.2 Å². The number of hydrogen-bond donors (Lipinski definition) is 2. The Morgan fingerprint density at radius 2 is 1.81 bits per heavy atom. The van der Waals surface area contributed by atoms with E-state index in [1.165, 1.54) is 12.1 Å². The average Bonchev–Trinajstić information content (AvgIpc) is 3.49. The fourth-order valence-electron chi connectivity index (χ4n) is 3.14. The molecule has 0 aromatic heterocycles. The largest absolute Gasteiger partial charge is 0.493 e. The lowest BCUT2D eigenvalue weighted by molar-refractivity contribution is 0.0939. The van der Waals surface area contributed by atoms with E-state index in [0.29, 0.717) is 18.7 Å². The molecule has 2 aliphatic rings.